The summed E-state index contributed by atoms with van der Waals surface area (Å²) in [5.74, 6) is 0.594. The van der Waals surface area contributed by atoms with Crippen LogP contribution in [0.4, 0.5) is 11.4 Å². The predicted molar refractivity (Wildman–Crippen MR) is 142 cm³/mol. The van der Waals surface area contributed by atoms with Gasteiger partial charge in [-0.05, 0) is 43.5 Å². The average Bonchev–Trinajstić information content (AvgIpc) is 2.87. The van der Waals surface area contributed by atoms with Gasteiger partial charge in [-0.1, -0.05) is 19.1 Å². The molecule has 2 fully saturated rings. The summed E-state index contributed by atoms with van der Waals surface area (Å²) < 4.78 is 0. The number of carbonyl (C=O) groups excluding carboxylic acids is 2. The van der Waals surface area contributed by atoms with Gasteiger partial charge in [-0.25, -0.2) is 4.98 Å². The van der Waals surface area contributed by atoms with E-state index in [2.05, 4.69) is 21.7 Å². The van der Waals surface area contributed by atoms with Crippen LogP contribution in [0.5, 0.6) is 0 Å². The molecule has 2 atom stereocenters. The minimum Gasteiger partial charge on any atom is -0.369 e. The Hall–Kier alpha value is -3.52. The van der Waals surface area contributed by atoms with Crippen LogP contribution in [-0.2, 0) is 11.2 Å². The lowest BCUT2D eigenvalue weighted by atomic mass is 9.95. The fraction of sp³-hybridized carbons (Fsp3) is 0.429. The number of ketones is 1. The molecule has 2 saturated heterocycles. The number of benzene rings is 1. The van der Waals surface area contributed by atoms with Gasteiger partial charge in [0.1, 0.15) is 5.69 Å². The largest absolute Gasteiger partial charge is 0.369 e. The highest BCUT2D eigenvalue weighted by atomic mass is 16.2. The molecule has 2 aliphatic rings. The number of fused-ring (bicyclic) bond motifs is 1. The molecule has 8 heteroatoms. The van der Waals surface area contributed by atoms with Gasteiger partial charge in [0.25, 0.3) is 0 Å². The third kappa shape index (κ3) is 5.04. The van der Waals surface area contributed by atoms with Crippen LogP contribution >= 0.6 is 0 Å². The van der Waals surface area contributed by atoms with Crippen LogP contribution in [0.15, 0.2) is 48.8 Å². The zero-order valence-corrected chi connectivity index (χ0v) is 21.1. The smallest absolute Gasteiger partial charge is 0.242 e. The number of nitrogens with zero attached hydrogens (tertiary/aromatic N) is 5. The van der Waals surface area contributed by atoms with E-state index in [0.29, 0.717) is 24.7 Å². The minimum atomic E-state index is -0.0438. The molecule has 1 aromatic carbocycles. The molecule has 0 saturated carbocycles. The Morgan fingerprint density at radius 1 is 1.11 bits per heavy atom. The molecule has 0 bridgehead atoms. The lowest BCUT2D eigenvalue weighted by Crippen LogP contribution is -2.50. The summed E-state index contributed by atoms with van der Waals surface area (Å²) in [6, 6.07) is 11.8. The van der Waals surface area contributed by atoms with E-state index in [0.717, 1.165) is 60.4 Å². The standard InChI is InChI=1S/C28H34N6O2/c1-3-32-10-11-33(18-28(32)36)23-6-4-20-5-7-24(31-25(20)14-23)27(35)13-21-15-30-9-8-26(21)34-16-19(2)12-22(29)17-34/h4-9,14-15,19,22H,3,10-13,16-18,29H2,1-2H3/t19-,22+/m1/s1. The van der Waals surface area contributed by atoms with Gasteiger partial charge < -0.3 is 20.4 Å². The summed E-state index contributed by atoms with van der Waals surface area (Å²) >= 11 is 0. The van der Waals surface area contributed by atoms with Crippen molar-refractivity contribution >= 4 is 34.0 Å². The first-order chi connectivity index (χ1) is 17.4. The molecule has 5 rings (SSSR count). The first-order valence-electron chi connectivity index (χ1n) is 12.8. The molecule has 0 spiro atoms. The third-order valence-electron chi connectivity index (χ3n) is 7.29. The molecule has 1 amide bonds. The van der Waals surface area contributed by atoms with Gasteiger partial charge >= 0.3 is 0 Å². The molecule has 0 unspecified atom stereocenters. The highest BCUT2D eigenvalue weighted by Crippen LogP contribution is 2.27. The Labute approximate surface area is 212 Å². The quantitative estimate of drug-likeness (QED) is 0.535. The number of anilines is 2. The Morgan fingerprint density at radius 3 is 2.72 bits per heavy atom. The molecule has 3 aromatic rings. The SMILES string of the molecule is CCN1CCN(c2ccc3ccc(C(=O)Cc4cnccc4N4C[C@H](C)C[C@H](N)C4)nc3c2)CC1=O. The molecular weight excluding hydrogens is 452 g/mol. The highest BCUT2D eigenvalue weighted by molar-refractivity contribution is 5.98. The summed E-state index contributed by atoms with van der Waals surface area (Å²) in [5.41, 5.74) is 10.3. The Kier molecular flexibility index (Phi) is 6.87. The van der Waals surface area contributed by atoms with Gasteiger partial charge in [-0.15, -0.1) is 0 Å². The topological polar surface area (TPSA) is 95.7 Å². The van der Waals surface area contributed by atoms with Crippen LogP contribution in [0.3, 0.4) is 0 Å². The minimum absolute atomic E-state index is 0.0438. The van der Waals surface area contributed by atoms with Crippen molar-refractivity contribution in [1.82, 2.24) is 14.9 Å². The molecular formula is C28H34N6O2. The summed E-state index contributed by atoms with van der Waals surface area (Å²) in [7, 11) is 0. The van der Waals surface area contributed by atoms with Crippen molar-refractivity contribution in [3.8, 4) is 0 Å². The van der Waals surface area contributed by atoms with E-state index in [9.17, 15) is 9.59 Å². The maximum absolute atomic E-state index is 13.3. The zero-order chi connectivity index (χ0) is 25.2. The highest BCUT2D eigenvalue weighted by Gasteiger charge is 2.25. The summed E-state index contributed by atoms with van der Waals surface area (Å²) in [4.78, 5) is 40.9. The van der Waals surface area contributed by atoms with Crippen LogP contribution < -0.4 is 15.5 Å². The van der Waals surface area contributed by atoms with Crippen molar-refractivity contribution in [1.29, 1.82) is 0 Å². The molecule has 0 aliphatic carbocycles. The van der Waals surface area contributed by atoms with Crippen LogP contribution in [0, 0.1) is 5.92 Å². The second kappa shape index (κ2) is 10.2. The van der Waals surface area contributed by atoms with E-state index in [1.165, 1.54) is 0 Å². The van der Waals surface area contributed by atoms with Crippen molar-refractivity contribution in [2.24, 2.45) is 11.7 Å². The maximum Gasteiger partial charge on any atom is 0.242 e. The van der Waals surface area contributed by atoms with E-state index in [1.54, 1.807) is 18.5 Å². The van der Waals surface area contributed by atoms with Gasteiger partial charge in [-0.2, -0.15) is 0 Å². The number of likely N-dealkylation sites (N-methyl/N-ethyl adjacent to an activating group) is 1. The first kappa shape index (κ1) is 24.2. The molecule has 4 heterocycles. The second-order valence-corrected chi connectivity index (χ2v) is 10.1. The number of pyridine rings is 2. The van der Waals surface area contributed by atoms with Crippen LogP contribution in [-0.4, -0.2) is 71.9 Å². The summed E-state index contributed by atoms with van der Waals surface area (Å²) in [6.07, 6.45) is 4.80. The Bertz CT molecular complexity index is 1270. The van der Waals surface area contributed by atoms with Gasteiger partial charge in [0.05, 0.1) is 12.1 Å². The monoisotopic (exact) mass is 486 g/mol. The van der Waals surface area contributed by atoms with Gasteiger partial charge in [0.15, 0.2) is 5.78 Å². The van der Waals surface area contributed by atoms with Crippen molar-refractivity contribution in [2.75, 3.05) is 49.1 Å². The number of hydrogen-bond donors (Lipinski definition) is 1. The Morgan fingerprint density at radius 2 is 1.94 bits per heavy atom. The zero-order valence-electron chi connectivity index (χ0n) is 21.1. The molecule has 36 heavy (non-hydrogen) atoms. The van der Waals surface area contributed by atoms with E-state index >= 15 is 0 Å². The summed E-state index contributed by atoms with van der Waals surface area (Å²) in [6.45, 7) is 8.51. The number of rotatable bonds is 6. The van der Waals surface area contributed by atoms with Gasteiger partial charge in [0.2, 0.25) is 5.91 Å². The molecule has 0 radical (unpaired) electrons. The lowest BCUT2D eigenvalue weighted by molar-refractivity contribution is -0.130. The number of amides is 1. The Balaban J connectivity index is 1.36. The van der Waals surface area contributed by atoms with Gasteiger partial charge in [0, 0.05) is 79.9 Å². The van der Waals surface area contributed by atoms with Crippen LogP contribution in [0.25, 0.3) is 10.9 Å². The number of hydrogen-bond acceptors (Lipinski definition) is 7. The van der Waals surface area contributed by atoms with Crippen molar-refractivity contribution in [3.05, 3.63) is 60.0 Å². The van der Waals surface area contributed by atoms with E-state index in [4.69, 9.17) is 10.7 Å². The average molecular weight is 487 g/mol. The normalized spacial score (nSPS) is 20.8. The van der Waals surface area contributed by atoms with Gasteiger partial charge in [-0.3, -0.25) is 14.6 Å². The summed E-state index contributed by atoms with van der Waals surface area (Å²) in [5, 5.41) is 0.965. The van der Waals surface area contributed by atoms with Crippen LogP contribution in [0.1, 0.15) is 36.3 Å². The number of piperazine rings is 1. The number of piperidine rings is 1. The predicted octanol–water partition coefficient (Wildman–Crippen LogP) is 2.90. The molecule has 2 N–H and O–H groups in total. The second-order valence-electron chi connectivity index (χ2n) is 10.1. The third-order valence-corrected chi connectivity index (χ3v) is 7.29. The lowest BCUT2D eigenvalue weighted by Gasteiger charge is -2.37. The number of nitrogens with two attached hydrogens (primary N) is 1. The van der Waals surface area contributed by atoms with Crippen molar-refractivity contribution in [3.63, 3.8) is 0 Å². The van der Waals surface area contributed by atoms with E-state index < -0.39 is 0 Å². The molecule has 2 aromatic heterocycles. The molecule has 2 aliphatic heterocycles. The maximum atomic E-state index is 13.3. The number of carbonyl (C=O) groups is 2. The van der Waals surface area contributed by atoms with Crippen molar-refractivity contribution in [2.45, 2.75) is 32.7 Å². The first-order valence-corrected chi connectivity index (χ1v) is 12.8. The van der Waals surface area contributed by atoms with Crippen LogP contribution in [0.2, 0.25) is 0 Å². The fourth-order valence-electron chi connectivity index (χ4n) is 5.45. The number of aromatic nitrogens is 2. The molecule has 188 valence electrons. The number of Topliss-reactive ketones (excluding diaryl/α,β-unsaturated/α-hetero) is 1. The fourth-order valence-corrected chi connectivity index (χ4v) is 5.45. The van der Waals surface area contributed by atoms with Crippen molar-refractivity contribution < 1.29 is 9.59 Å². The van der Waals surface area contributed by atoms with E-state index in [-0.39, 0.29) is 24.2 Å². The van der Waals surface area contributed by atoms with E-state index in [1.807, 2.05) is 42.2 Å². The molecule has 8 nitrogen and oxygen atoms in total.